The summed E-state index contributed by atoms with van der Waals surface area (Å²) in [4.78, 5) is 11.2. The number of carbonyl (C=O) groups excluding carboxylic acids is 1. The molecule has 0 saturated carbocycles. The van der Waals surface area contributed by atoms with E-state index in [1.807, 2.05) is 0 Å². The normalized spacial score (nSPS) is 13.2. The molecular formula is C8H14N2O3. The topological polar surface area (TPSA) is 93.4 Å². The van der Waals surface area contributed by atoms with Crippen LogP contribution in [0.15, 0.2) is 0 Å². The van der Waals surface area contributed by atoms with Gasteiger partial charge in [-0.3, -0.25) is 4.79 Å². The van der Waals surface area contributed by atoms with Crippen molar-refractivity contribution >= 4 is 5.91 Å². The van der Waals surface area contributed by atoms with E-state index in [1.54, 1.807) is 6.07 Å². The summed E-state index contributed by atoms with van der Waals surface area (Å²) in [5.74, 6) is -1.27. The molecule has 0 radical (unpaired) electrons. The van der Waals surface area contributed by atoms with Crippen molar-refractivity contribution in [1.82, 2.24) is 5.32 Å². The van der Waals surface area contributed by atoms with Gasteiger partial charge in [-0.1, -0.05) is 0 Å². The molecule has 5 nitrogen and oxygen atoms in total. The molecule has 0 saturated heterocycles. The van der Waals surface area contributed by atoms with Crippen LogP contribution in [0.25, 0.3) is 0 Å². The highest BCUT2D eigenvalue weighted by Crippen LogP contribution is 2.03. The number of carbonyl (C=O) groups is 1. The molecule has 0 heterocycles. The van der Waals surface area contributed by atoms with Gasteiger partial charge >= 0.3 is 0 Å². The fourth-order valence-electron chi connectivity index (χ4n) is 0.593. The Labute approximate surface area is 77.0 Å². The zero-order valence-corrected chi connectivity index (χ0v) is 7.74. The summed E-state index contributed by atoms with van der Waals surface area (Å²) in [6.45, 7) is 2.21. The predicted octanol–water partition coefficient (Wildman–Crippen LogP) is -0.994. The van der Waals surface area contributed by atoms with Gasteiger partial charge < -0.3 is 15.5 Å². The van der Waals surface area contributed by atoms with E-state index in [1.165, 1.54) is 13.8 Å². The molecule has 13 heavy (non-hydrogen) atoms. The minimum atomic E-state index is -1.05. The van der Waals surface area contributed by atoms with Gasteiger partial charge in [0.1, 0.15) is 5.92 Å². The molecule has 0 aliphatic rings. The Hall–Kier alpha value is -1.12. The van der Waals surface area contributed by atoms with Crippen LogP contribution in [-0.4, -0.2) is 34.9 Å². The van der Waals surface area contributed by atoms with Crippen molar-refractivity contribution in [3.63, 3.8) is 0 Å². The largest absolute Gasteiger partial charge is 0.394 e. The van der Waals surface area contributed by atoms with Gasteiger partial charge in [-0.25, -0.2) is 0 Å². The maximum Gasteiger partial charge on any atom is 0.237 e. The first-order chi connectivity index (χ1) is 5.99. The van der Waals surface area contributed by atoms with Crippen LogP contribution in [0.4, 0.5) is 0 Å². The highest BCUT2D eigenvalue weighted by Gasteiger charge is 2.26. The molecule has 0 bridgehead atoms. The number of nitrogens with zero attached hydrogens (tertiary/aromatic N) is 1. The lowest BCUT2D eigenvalue weighted by molar-refractivity contribution is -0.126. The monoisotopic (exact) mass is 186 g/mol. The molecule has 0 aromatic heterocycles. The van der Waals surface area contributed by atoms with E-state index in [2.05, 4.69) is 5.32 Å². The van der Waals surface area contributed by atoms with E-state index in [9.17, 15) is 4.79 Å². The van der Waals surface area contributed by atoms with Gasteiger partial charge in [0, 0.05) is 0 Å². The first-order valence-corrected chi connectivity index (χ1v) is 3.92. The van der Waals surface area contributed by atoms with E-state index in [-0.39, 0.29) is 13.2 Å². The zero-order valence-electron chi connectivity index (χ0n) is 7.74. The fraction of sp³-hybridized carbons (Fsp3) is 0.750. The van der Waals surface area contributed by atoms with Crippen LogP contribution in [0.1, 0.15) is 13.8 Å². The second-order valence-corrected chi connectivity index (χ2v) is 3.22. The second kappa shape index (κ2) is 4.80. The van der Waals surface area contributed by atoms with Gasteiger partial charge in [0.15, 0.2) is 0 Å². The summed E-state index contributed by atoms with van der Waals surface area (Å²) < 4.78 is 0. The third-order valence-corrected chi connectivity index (χ3v) is 1.71. The lowest BCUT2D eigenvalue weighted by Gasteiger charge is -2.26. The number of nitrogens with one attached hydrogen (secondary N) is 1. The van der Waals surface area contributed by atoms with Crippen LogP contribution >= 0.6 is 0 Å². The fourth-order valence-corrected chi connectivity index (χ4v) is 0.593. The van der Waals surface area contributed by atoms with Gasteiger partial charge in [0.25, 0.3) is 0 Å². The molecule has 0 aromatic rings. The Kier molecular flexibility index (Phi) is 4.38. The minimum Gasteiger partial charge on any atom is -0.394 e. The highest BCUT2D eigenvalue weighted by atomic mass is 16.3. The van der Waals surface area contributed by atoms with Crippen molar-refractivity contribution in [2.45, 2.75) is 19.4 Å². The molecule has 0 aliphatic carbocycles. The number of aliphatic hydroxyl groups is 2. The van der Waals surface area contributed by atoms with Crippen LogP contribution < -0.4 is 5.32 Å². The van der Waals surface area contributed by atoms with Crippen LogP contribution in [0, 0.1) is 17.2 Å². The van der Waals surface area contributed by atoms with Gasteiger partial charge in [-0.2, -0.15) is 5.26 Å². The summed E-state index contributed by atoms with van der Waals surface area (Å²) >= 11 is 0. The summed E-state index contributed by atoms with van der Waals surface area (Å²) in [5, 5.41) is 28.5. The molecule has 0 aromatic carbocycles. The SMILES string of the molecule is CC(C#N)C(=O)NC(C)(CO)CO. The molecule has 0 rings (SSSR count). The van der Waals surface area contributed by atoms with Crippen LogP contribution in [-0.2, 0) is 4.79 Å². The standard InChI is InChI=1S/C8H14N2O3/c1-6(3-9)7(13)10-8(2,4-11)5-12/h6,11-12H,4-5H2,1-2H3,(H,10,13). The Morgan fingerprint density at radius 3 is 2.38 bits per heavy atom. The summed E-state index contributed by atoms with van der Waals surface area (Å²) in [6.07, 6.45) is 0. The van der Waals surface area contributed by atoms with E-state index in [4.69, 9.17) is 15.5 Å². The van der Waals surface area contributed by atoms with Crippen molar-refractivity contribution < 1.29 is 15.0 Å². The predicted molar refractivity (Wildman–Crippen MR) is 45.5 cm³/mol. The number of hydrogen-bond acceptors (Lipinski definition) is 4. The average Bonchev–Trinajstić information content (AvgIpc) is 2.16. The molecule has 0 fully saturated rings. The molecule has 3 N–H and O–H groups in total. The maximum absolute atomic E-state index is 11.2. The summed E-state index contributed by atoms with van der Waals surface area (Å²) in [5.41, 5.74) is -1.05. The van der Waals surface area contributed by atoms with Crippen LogP contribution in [0.3, 0.4) is 0 Å². The van der Waals surface area contributed by atoms with Gasteiger partial charge in [0.2, 0.25) is 5.91 Å². The number of rotatable bonds is 4. The highest BCUT2D eigenvalue weighted by molar-refractivity contribution is 5.81. The van der Waals surface area contributed by atoms with Gasteiger partial charge in [-0.05, 0) is 13.8 Å². The Balaban J connectivity index is 4.27. The molecule has 1 amide bonds. The Morgan fingerprint density at radius 2 is 2.08 bits per heavy atom. The van der Waals surface area contributed by atoms with Crippen molar-refractivity contribution in [2.75, 3.05) is 13.2 Å². The average molecular weight is 186 g/mol. The zero-order chi connectivity index (χ0) is 10.5. The van der Waals surface area contributed by atoms with E-state index in [0.29, 0.717) is 0 Å². The number of aliphatic hydroxyl groups excluding tert-OH is 2. The first kappa shape index (κ1) is 11.9. The molecule has 5 heteroatoms. The summed E-state index contributed by atoms with van der Waals surface area (Å²) in [7, 11) is 0. The van der Waals surface area contributed by atoms with Crippen molar-refractivity contribution in [3.05, 3.63) is 0 Å². The van der Waals surface area contributed by atoms with E-state index >= 15 is 0 Å². The Bertz CT molecular complexity index is 218. The summed E-state index contributed by atoms with van der Waals surface area (Å²) in [6, 6.07) is 1.76. The van der Waals surface area contributed by atoms with Crippen LogP contribution in [0.5, 0.6) is 0 Å². The third-order valence-electron chi connectivity index (χ3n) is 1.71. The Morgan fingerprint density at radius 1 is 1.62 bits per heavy atom. The lowest BCUT2D eigenvalue weighted by atomic mass is 10.0. The molecule has 0 spiro atoms. The molecule has 1 atom stereocenters. The number of nitriles is 1. The van der Waals surface area contributed by atoms with Crippen molar-refractivity contribution in [2.24, 2.45) is 5.92 Å². The third kappa shape index (κ3) is 3.40. The molecule has 0 aliphatic heterocycles. The van der Waals surface area contributed by atoms with E-state index in [0.717, 1.165) is 0 Å². The van der Waals surface area contributed by atoms with Crippen molar-refractivity contribution in [3.8, 4) is 6.07 Å². The number of hydrogen-bond donors (Lipinski definition) is 3. The van der Waals surface area contributed by atoms with Gasteiger partial charge in [-0.15, -0.1) is 0 Å². The molecule has 74 valence electrons. The quantitative estimate of drug-likeness (QED) is 0.525. The van der Waals surface area contributed by atoms with E-state index < -0.39 is 17.4 Å². The van der Waals surface area contributed by atoms with Gasteiger partial charge in [0.05, 0.1) is 24.8 Å². The number of amides is 1. The smallest absolute Gasteiger partial charge is 0.237 e. The van der Waals surface area contributed by atoms with Crippen LogP contribution in [0.2, 0.25) is 0 Å². The maximum atomic E-state index is 11.2. The molecule has 1 unspecified atom stereocenters. The molecular weight excluding hydrogens is 172 g/mol. The van der Waals surface area contributed by atoms with Crippen molar-refractivity contribution in [1.29, 1.82) is 5.26 Å². The minimum absolute atomic E-state index is 0.368. The lowest BCUT2D eigenvalue weighted by Crippen LogP contribution is -2.53. The second-order valence-electron chi connectivity index (χ2n) is 3.22. The first-order valence-electron chi connectivity index (χ1n) is 3.92.